The summed E-state index contributed by atoms with van der Waals surface area (Å²) in [7, 11) is 0. The third-order valence-corrected chi connectivity index (χ3v) is 15.2. The fourth-order valence-corrected chi connectivity index (χ4v) is 12.3. The molecule has 0 N–H and O–H groups in total. The van der Waals surface area contributed by atoms with Crippen molar-refractivity contribution in [2.75, 3.05) is 0 Å². The van der Waals surface area contributed by atoms with Crippen molar-refractivity contribution in [2.45, 2.75) is 19.3 Å². The molecule has 13 aromatic rings. The minimum absolute atomic E-state index is 0.0942. The summed E-state index contributed by atoms with van der Waals surface area (Å²) < 4.78 is 0. The lowest BCUT2D eigenvalue weighted by atomic mass is 9.80. The van der Waals surface area contributed by atoms with Gasteiger partial charge in [-0.2, -0.15) is 0 Å². The third-order valence-electron chi connectivity index (χ3n) is 15.2. The molecule has 0 aliphatic heterocycles. The molecule has 13 aromatic carbocycles. The van der Waals surface area contributed by atoms with Crippen LogP contribution in [0.25, 0.3) is 131 Å². The standard InChI is InChI=1S/C67H44/c1-67(2)60-35-19-18-24-46(60)47-37-36-42(40-61(47)67)63-52-29-12-16-33-56(52)66(57-34-17-13-30-53(57)63)59-39-43-38-58(44-22-6-8-25-48(44)64(43)49-26-9-7-23-45(49)59)65-54-31-14-10-27-50(54)62(41-20-4-3-5-21-41)51-28-11-15-32-55(51)65/h3-40H,1-2H3. The van der Waals surface area contributed by atoms with E-state index >= 15 is 0 Å². The molecule has 0 bridgehead atoms. The molecule has 67 heavy (non-hydrogen) atoms. The maximum atomic E-state index is 2.51. The lowest BCUT2D eigenvalue weighted by Gasteiger charge is -2.23. The molecule has 0 fully saturated rings. The molecule has 0 radical (unpaired) electrons. The second-order valence-corrected chi connectivity index (χ2v) is 19.0. The van der Waals surface area contributed by atoms with Crippen molar-refractivity contribution in [1.29, 1.82) is 0 Å². The molecule has 0 heterocycles. The van der Waals surface area contributed by atoms with Crippen molar-refractivity contribution >= 4 is 75.4 Å². The van der Waals surface area contributed by atoms with Gasteiger partial charge in [-0.1, -0.05) is 226 Å². The second kappa shape index (κ2) is 14.3. The van der Waals surface area contributed by atoms with Gasteiger partial charge in [0.2, 0.25) is 0 Å². The van der Waals surface area contributed by atoms with Crippen LogP contribution >= 0.6 is 0 Å². The Morgan fingerprint density at radius 2 is 0.597 bits per heavy atom. The van der Waals surface area contributed by atoms with Gasteiger partial charge in [0.05, 0.1) is 0 Å². The molecule has 1 aliphatic carbocycles. The van der Waals surface area contributed by atoms with Crippen LogP contribution in [0.15, 0.2) is 231 Å². The highest BCUT2D eigenvalue weighted by Gasteiger charge is 2.35. The Morgan fingerprint density at radius 3 is 1.07 bits per heavy atom. The highest BCUT2D eigenvalue weighted by molar-refractivity contribution is 6.32. The number of rotatable bonds is 4. The van der Waals surface area contributed by atoms with Gasteiger partial charge in [0.1, 0.15) is 0 Å². The van der Waals surface area contributed by atoms with Crippen LogP contribution in [0, 0.1) is 0 Å². The Hall–Kier alpha value is -8.32. The first-order valence-electron chi connectivity index (χ1n) is 23.6. The van der Waals surface area contributed by atoms with Gasteiger partial charge < -0.3 is 0 Å². The molecular weight excluding hydrogens is 805 g/mol. The lowest BCUT2D eigenvalue weighted by Crippen LogP contribution is -2.14. The van der Waals surface area contributed by atoms with E-state index in [1.807, 2.05) is 0 Å². The van der Waals surface area contributed by atoms with Crippen LogP contribution in [-0.2, 0) is 5.41 Å². The molecule has 0 saturated carbocycles. The molecule has 1 aliphatic rings. The van der Waals surface area contributed by atoms with Crippen LogP contribution in [0.4, 0.5) is 0 Å². The van der Waals surface area contributed by atoms with Gasteiger partial charge in [0.15, 0.2) is 0 Å². The van der Waals surface area contributed by atoms with E-state index in [-0.39, 0.29) is 5.41 Å². The SMILES string of the molecule is CC1(C)c2ccccc2-c2ccc(-c3c4ccccc4c(-c4cc5cc(-c6c7ccccc7c(-c7ccccc7)c7ccccc67)c6ccccc6c5c5ccccc45)c4ccccc34)cc21. The van der Waals surface area contributed by atoms with Gasteiger partial charge in [-0.3, -0.25) is 0 Å². The summed E-state index contributed by atoms with van der Waals surface area (Å²) in [6, 6.07) is 86.6. The Labute approximate surface area is 390 Å². The first-order chi connectivity index (χ1) is 33.0. The van der Waals surface area contributed by atoms with E-state index in [9.17, 15) is 0 Å². The van der Waals surface area contributed by atoms with Crippen molar-refractivity contribution in [1.82, 2.24) is 0 Å². The molecule has 0 amide bonds. The molecule has 14 rings (SSSR count). The average Bonchev–Trinajstić information content (AvgIpc) is 3.61. The quantitative estimate of drug-likeness (QED) is 0.122. The maximum absolute atomic E-state index is 2.51. The van der Waals surface area contributed by atoms with E-state index in [4.69, 9.17) is 0 Å². The summed E-state index contributed by atoms with van der Waals surface area (Å²) in [6.07, 6.45) is 0. The molecule has 0 saturated heterocycles. The highest BCUT2D eigenvalue weighted by atomic mass is 14.4. The number of hydrogen-bond acceptors (Lipinski definition) is 0. The minimum Gasteiger partial charge on any atom is -0.0622 e. The molecule has 0 aromatic heterocycles. The van der Waals surface area contributed by atoms with E-state index in [2.05, 4.69) is 244 Å². The zero-order valence-corrected chi connectivity index (χ0v) is 37.4. The predicted molar refractivity (Wildman–Crippen MR) is 288 cm³/mol. The zero-order valence-electron chi connectivity index (χ0n) is 37.4. The number of fused-ring (bicyclic) bond motifs is 12. The van der Waals surface area contributed by atoms with Crippen LogP contribution in [0.5, 0.6) is 0 Å². The molecule has 0 unspecified atom stereocenters. The monoisotopic (exact) mass is 848 g/mol. The summed E-state index contributed by atoms with van der Waals surface area (Å²) in [5.74, 6) is 0. The van der Waals surface area contributed by atoms with E-state index < -0.39 is 0 Å². The van der Waals surface area contributed by atoms with E-state index in [0.29, 0.717) is 0 Å². The van der Waals surface area contributed by atoms with Gasteiger partial charge in [-0.15, -0.1) is 0 Å². The Balaban J connectivity index is 1.08. The Bertz CT molecular complexity index is 4110. The maximum Gasteiger partial charge on any atom is 0.0159 e. The predicted octanol–water partition coefficient (Wildman–Crippen LogP) is 18.7. The smallest absolute Gasteiger partial charge is 0.0159 e. The third kappa shape index (κ3) is 5.42. The molecular formula is C67H44. The van der Waals surface area contributed by atoms with Crippen LogP contribution in [0.1, 0.15) is 25.0 Å². The molecule has 312 valence electrons. The topological polar surface area (TPSA) is 0 Å². The van der Waals surface area contributed by atoms with Crippen LogP contribution in [-0.4, -0.2) is 0 Å². The van der Waals surface area contributed by atoms with Gasteiger partial charge in [0.25, 0.3) is 0 Å². The fourth-order valence-electron chi connectivity index (χ4n) is 12.3. The molecule has 0 spiro atoms. The van der Waals surface area contributed by atoms with Gasteiger partial charge in [-0.25, -0.2) is 0 Å². The first-order valence-corrected chi connectivity index (χ1v) is 23.6. The lowest BCUT2D eigenvalue weighted by molar-refractivity contribution is 0.660. The van der Waals surface area contributed by atoms with Gasteiger partial charge in [0, 0.05) is 5.41 Å². The second-order valence-electron chi connectivity index (χ2n) is 19.0. The van der Waals surface area contributed by atoms with E-state index in [1.165, 1.54) is 142 Å². The summed E-state index contributed by atoms with van der Waals surface area (Å²) in [4.78, 5) is 0. The Kier molecular flexibility index (Phi) is 8.13. The van der Waals surface area contributed by atoms with E-state index in [1.54, 1.807) is 0 Å². The van der Waals surface area contributed by atoms with Gasteiger partial charge >= 0.3 is 0 Å². The largest absolute Gasteiger partial charge is 0.0622 e. The number of hydrogen-bond donors (Lipinski definition) is 0. The molecule has 0 nitrogen and oxygen atoms in total. The first kappa shape index (κ1) is 38.0. The highest BCUT2D eigenvalue weighted by Crippen LogP contribution is 2.53. The van der Waals surface area contributed by atoms with Crippen molar-refractivity contribution in [3.8, 4) is 55.6 Å². The minimum atomic E-state index is -0.0942. The van der Waals surface area contributed by atoms with Gasteiger partial charge in [-0.05, 0) is 160 Å². The van der Waals surface area contributed by atoms with Crippen molar-refractivity contribution in [3.63, 3.8) is 0 Å². The summed E-state index contributed by atoms with van der Waals surface area (Å²) >= 11 is 0. The zero-order chi connectivity index (χ0) is 44.4. The summed E-state index contributed by atoms with van der Waals surface area (Å²) in [5.41, 5.74) is 15.5. The number of benzene rings is 13. The van der Waals surface area contributed by atoms with Crippen LogP contribution < -0.4 is 0 Å². The fraction of sp³-hybridized carbons (Fsp3) is 0.0448. The van der Waals surface area contributed by atoms with Crippen molar-refractivity contribution < 1.29 is 0 Å². The van der Waals surface area contributed by atoms with Crippen molar-refractivity contribution in [2.24, 2.45) is 0 Å². The Morgan fingerprint density at radius 1 is 0.239 bits per heavy atom. The summed E-state index contributed by atoms with van der Waals surface area (Å²) in [6.45, 7) is 4.76. The van der Waals surface area contributed by atoms with Crippen LogP contribution in [0.2, 0.25) is 0 Å². The van der Waals surface area contributed by atoms with E-state index in [0.717, 1.165) is 0 Å². The van der Waals surface area contributed by atoms with Crippen LogP contribution in [0.3, 0.4) is 0 Å². The molecule has 0 heteroatoms. The van der Waals surface area contributed by atoms with Crippen molar-refractivity contribution in [3.05, 3.63) is 242 Å². The average molecular weight is 849 g/mol. The summed E-state index contributed by atoms with van der Waals surface area (Å²) in [5, 5.41) is 17.7. The molecule has 0 atom stereocenters. The normalized spacial score (nSPS) is 13.0.